The van der Waals surface area contributed by atoms with E-state index in [1.54, 1.807) is 42.3 Å². The van der Waals surface area contributed by atoms with Crippen LogP contribution < -0.4 is 10.2 Å². The van der Waals surface area contributed by atoms with Gasteiger partial charge >= 0.3 is 0 Å². The molecule has 5 rings (SSSR count). The minimum atomic E-state index is -2.81. The number of hydrogen-bond donors (Lipinski definition) is 1. The first-order chi connectivity index (χ1) is 18.9. The van der Waals surface area contributed by atoms with Crippen molar-refractivity contribution in [2.45, 2.75) is 32.4 Å². The Morgan fingerprint density at radius 2 is 1.72 bits per heavy atom. The molecule has 0 aliphatic carbocycles. The highest BCUT2D eigenvalue weighted by Crippen LogP contribution is 2.29. The van der Waals surface area contributed by atoms with Crippen molar-refractivity contribution < 1.29 is 18.3 Å². The Hall–Kier alpha value is -4.12. The van der Waals surface area contributed by atoms with E-state index in [4.69, 9.17) is 9.72 Å². The number of ether oxygens (including phenoxy) is 1. The van der Waals surface area contributed by atoms with E-state index < -0.39 is 18.3 Å². The molecule has 1 amide bonds. The number of halogens is 2. The van der Waals surface area contributed by atoms with Gasteiger partial charge in [-0.15, -0.1) is 0 Å². The fraction of sp³-hybridized carbons (Fsp3) is 0.357. The van der Waals surface area contributed by atoms with Crippen molar-refractivity contribution in [2.75, 3.05) is 43.6 Å². The van der Waals surface area contributed by atoms with Crippen molar-refractivity contribution in [1.29, 1.82) is 0 Å². The third-order valence-electron chi connectivity index (χ3n) is 6.69. The lowest BCUT2D eigenvalue weighted by atomic mass is 10.1. The van der Waals surface area contributed by atoms with Crippen LogP contribution in [0.15, 0.2) is 60.7 Å². The third-order valence-corrected chi connectivity index (χ3v) is 6.69. The summed E-state index contributed by atoms with van der Waals surface area (Å²) in [6.45, 7) is 4.60. The van der Waals surface area contributed by atoms with Crippen LogP contribution in [-0.2, 0) is 16.1 Å². The molecule has 1 aliphatic rings. The molecule has 2 aromatic carbocycles. The van der Waals surface area contributed by atoms with Crippen LogP contribution in [0.1, 0.15) is 31.2 Å². The Balaban J connectivity index is 1.51. The van der Waals surface area contributed by atoms with Crippen LogP contribution in [0.25, 0.3) is 16.9 Å². The summed E-state index contributed by atoms with van der Waals surface area (Å²) in [7, 11) is 1.75. The first kappa shape index (κ1) is 26.5. The smallest absolute Gasteiger partial charge is 0.296 e. The van der Waals surface area contributed by atoms with Crippen molar-refractivity contribution in [3.8, 4) is 5.82 Å². The van der Waals surface area contributed by atoms with Gasteiger partial charge in [-0.2, -0.15) is 9.97 Å². The van der Waals surface area contributed by atoms with Crippen molar-refractivity contribution in [3.05, 3.63) is 72.1 Å². The van der Waals surface area contributed by atoms with E-state index in [-0.39, 0.29) is 17.7 Å². The van der Waals surface area contributed by atoms with E-state index in [2.05, 4.69) is 15.3 Å². The summed E-state index contributed by atoms with van der Waals surface area (Å²) >= 11 is 0. The monoisotopic (exact) mass is 535 g/mol. The number of morpholine rings is 1. The Labute approximate surface area is 225 Å². The van der Waals surface area contributed by atoms with E-state index in [1.807, 2.05) is 42.2 Å². The molecule has 4 aromatic rings. The second-order valence-corrected chi connectivity index (χ2v) is 9.39. The highest BCUT2D eigenvalue weighted by molar-refractivity contribution is 5.84. The summed E-state index contributed by atoms with van der Waals surface area (Å²) in [5, 5.41) is 3.18. The first-order valence-corrected chi connectivity index (χ1v) is 13.0. The Bertz CT molecular complexity index is 1420. The number of anilines is 2. The molecule has 1 aliphatic heterocycles. The number of nitrogens with one attached hydrogen (secondary N) is 1. The van der Waals surface area contributed by atoms with Crippen molar-refractivity contribution in [3.63, 3.8) is 0 Å². The topological polar surface area (TPSA) is 88.4 Å². The second kappa shape index (κ2) is 11.7. The number of hydrogen-bond acceptors (Lipinski definition) is 7. The van der Waals surface area contributed by atoms with E-state index >= 15 is 0 Å². The number of carbonyl (C=O) groups is 1. The predicted octanol–water partition coefficient (Wildman–Crippen LogP) is 4.44. The lowest BCUT2D eigenvalue weighted by molar-refractivity contribution is -0.131. The Morgan fingerprint density at radius 1 is 1.03 bits per heavy atom. The molecule has 1 saturated heterocycles. The summed E-state index contributed by atoms with van der Waals surface area (Å²) in [6.07, 6.45) is -2.33. The molecule has 0 radical (unpaired) electrons. The predicted molar refractivity (Wildman–Crippen MR) is 145 cm³/mol. The zero-order chi connectivity index (χ0) is 27.4. The number of aromatic nitrogens is 4. The zero-order valence-electron chi connectivity index (χ0n) is 21.9. The van der Waals surface area contributed by atoms with E-state index in [9.17, 15) is 13.6 Å². The standard InChI is InChI=1S/C28H31F2N7O2/c1-3-20(27(38)35(2)18-19-9-5-4-6-10-19)32-28-33-23(36-13-15-39-16-14-36)17-24(34-28)37-22-12-8-7-11-21(22)31-26(37)25(29)30/h4-12,17,20,25H,3,13-16,18H2,1-2H3,(H,32,33,34)/t20-/m0/s1. The molecular weight excluding hydrogens is 504 g/mol. The molecule has 204 valence electrons. The minimum Gasteiger partial charge on any atom is -0.378 e. The molecule has 0 saturated carbocycles. The number of imidazole rings is 1. The molecule has 9 nitrogen and oxygen atoms in total. The van der Waals surface area contributed by atoms with Gasteiger partial charge in [-0.1, -0.05) is 49.4 Å². The van der Waals surface area contributed by atoms with Crippen molar-refractivity contribution >= 4 is 28.7 Å². The van der Waals surface area contributed by atoms with Crippen LogP contribution in [-0.4, -0.2) is 69.7 Å². The Morgan fingerprint density at radius 3 is 2.44 bits per heavy atom. The van der Waals surface area contributed by atoms with Crippen LogP contribution in [0.5, 0.6) is 0 Å². The number of likely N-dealkylation sites (N-methyl/N-ethyl adjacent to an activating group) is 1. The van der Waals surface area contributed by atoms with Crippen molar-refractivity contribution in [2.24, 2.45) is 0 Å². The SMILES string of the molecule is CC[C@H](Nc1nc(N2CCOCC2)cc(-n2c(C(F)F)nc3ccccc32)n1)C(=O)N(C)Cc1ccccc1. The molecule has 0 bridgehead atoms. The molecule has 1 atom stereocenters. The number of nitrogens with zero attached hydrogens (tertiary/aromatic N) is 6. The minimum absolute atomic E-state index is 0.121. The molecule has 11 heteroatoms. The number of rotatable bonds is 9. The maximum absolute atomic E-state index is 14.1. The zero-order valence-corrected chi connectivity index (χ0v) is 21.9. The average Bonchev–Trinajstić information content (AvgIpc) is 3.36. The van der Waals surface area contributed by atoms with E-state index in [0.29, 0.717) is 56.1 Å². The Kier molecular flexibility index (Phi) is 7.97. The normalized spacial score (nSPS) is 14.5. The maximum Gasteiger partial charge on any atom is 0.296 e. The van der Waals surface area contributed by atoms with Gasteiger partial charge < -0.3 is 19.9 Å². The van der Waals surface area contributed by atoms with Crippen LogP contribution in [0, 0.1) is 0 Å². The van der Waals surface area contributed by atoms with Gasteiger partial charge in [0, 0.05) is 32.7 Å². The fourth-order valence-corrected chi connectivity index (χ4v) is 4.68. The van der Waals surface area contributed by atoms with Gasteiger partial charge in [-0.05, 0) is 24.1 Å². The molecule has 1 N–H and O–H groups in total. The molecular formula is C28H31F2N7O2. The molecule has 2 aromatic heterocycles. The number of amides is 1. The van der Waals surface area contributed by atoms with Gasteiger partial charge in [0.25, 0.3) is 6.43 Å². The molecule has 0 unspecified atom stereocenters. The van der Waals surface area contributed by atoms with Gasteiger partial charge in [0.1, 0.15) is 17.7 Å². The van der Waals surface area contributed by atoms with Crippen LogP contribution in [0.2, 0.25) is 0 Å². The highest BCUT2D eigenvalue weighted by Gasteiger charge is 2.26. The maximum atomic E-state index is 14.1. The first-order valence-electron chi connectivity index (χ1n) is 13.0. The largest absolute Gasteiger partial charge is 0.378 e. The number of para-hydroxylation sites is 2. The van der Waals surface area contributed by atoms with Gasteiger partial charge in [-0.25, -0.2) is 13.8 Å². The van der Waals surface area contributed by atoms with E-state index in [0.717, 1.165) is 5.56 Å². The molecule has 3 heterocycles. The van der Waals surface area contributed by atoms with Gasteiger partial charge in [-0.3, -0.25) is 9.36 Å². The average molecular weight is 536 g/mol. The third kappa shape index (κ3) is 5.83. The summed E-state index contributed by atoms with van der Waals surface area (Å²) in [6, 6.07) is 17.8. The number of alkyl halides is 2. The molecule has 39 heavy (non-hydrogen) atoms. The molecule has 0 spiro atoms. The fourth-order valence-electron chi connectivity index (χ4n) is 4.68. The van der Waals surface area contributed by atoms with Crippen LogP contribution in [0.4, 0.5) is 20.5 Å². The molecule has 1 fully saturated rings. The van der Waals surface area contributed by atoms with Gasteiger partial charge in [0.05, 0.1) is 24.2 Å². The van der Waals surface area contributed by atoms with Gasteiger partial charge in [0.2, 0.25) is 11.9 Å². The van der Waals surface area contributed by atoms with E-state index in [1.165, 1.54) is 4.57 Å². The lowest BCUT2D eigenvalue weighted by Crippen LogP contribution is -2.41. The van der Waals surface area contributed by atoms with Crippen LogP contribution in [0.3, 0.4) is 0 Å². The van der Waals surface area contributed by atoms with Crippen molar-refractivity contribution in [1.82, 2.24) is 24.4 Å². The van der Waals surface area contributed by atoms with Crippen LogP contribution >= 0.6 is 0 Å². The highest BCUT2D eigenvalue weighted by atomic mass is 19.3. The number of fused-ring (bicyclic) bond motifs is 1. The summed E-state index contributed by atoms with van der Waals surface area (Å²) in [5.41, 5.74) is 1.97. The quantitative estimate of drug-likeness (QED) is 0.339. The lowest BCUT2D eigenvalue weighted by Gasteiger charge is -2.29. The number of carbonyl (C=O) groups excluding carboxylic acids is 1. The second-order valence-electron chi connectivity index (χ2n) is 9.39. The summed E-state index contributed by atoms with van der Waals surface area (Å²) in [5.74, 6) is 0.464. The summed E-state index contributed by atoms with van der Waals surface area (Å²) < 4.78 is 35.1. The summed E-state index contributed by atoms with van der Waals surface area (Å²) in [4.78, 5) is 30.5. The van der Waals surface area contributed by atoms with Gasteiger partial charge in [0.15, 0.2) is 5.82 Å². The number of benzene rings is 2.